The van der Waals surface area contributed by atoms with Crippen molar-refractivity contribution in [2.24, 2.45) is 56.7 Å². The first-order valence-electron chi connectivity index (χ1n) is 13.9. The third-order valence-corrected chi connectivity index (χ3v) is 13.2. The smallest absolute Gasteiger partial charge is 0.0594 e. The minimum absolute atomic E-state index is 0.00894. The highest BCUT2D eigenvalue weighted by Crippen LogP contribution is 2.76. The SMILES string of the molecule is CC(C)C1CCC2C1(CO)CCC1(C)C3CCC4C(C)(CCC(O)C4(C)C)C3=CCC21C. The Morgan fingerprint density at radius 3 is 2.22 bits per heavy atom. The summed E-state index contributed by atoms with van der Waals surface area (Å²) in [6.45, 7) is 17.7. The first-order valence-corrected chi connectivity index (χ1v) is 13.9. The molecular formula is C30H50O2. The van der Waals surface area contributed by atoms with Gasteiger partial charge in [-0.25, -0.2) is 0 Å². The fourth-order valence-corrected chi connectivity index (χ4v) is 11.2. The van der Waals surface area contributed by atoms with E-state index in [4.69, 9.17) is 0 Å². The molecule has 0 aromatic rings. The van der Waals surface area contributed by atoms with Crippen LogP contribution >= 0.6 is 0 Å². The summed E-state index contributed by atoms with van der Waals surface area (Å²) in [7, 11) is 0. The molecule has 5 aliphatic rings. The second kappa shape index (κ2) is 7.09. The molecule has 2 nitrogen and oxygen atoms in total. The van der Waals surface area contributed by atoms with E-state index < -0.39 is 0 Å². The molecule has 4 fully saturated rings. The van der Waals surface area contributed by atoms with Crippen LogP contribution in [0.4, 0.5) is 0 Å². The summed E-state index contributed by atoms with van der Waals surface area (Å²) in [6.07, 6.45) is 13.5. The molecule has 0 aromatic carbocycles. The van der Waals surface area contributed by atoms with Crippen LogP contribution in [0.25, 0.3) is 0 Å². The molecule has 0 spiro atoms. The first-order chi connectivity index (χ1) is 14.9. The Hall–Kier alpha value is -0.340. The molecule has 0 bridgehead atoms. The number of allylic oxidation sites excluding steroid dienone is 2. The lowest BCUT2D eigenvalue weighted by Crippen LogP contribution is -2.63. The van der Waals surface area contributed by atoms with Crippen LogP contribution < -0.4 is 0 Å². The third kappa shape index (κ3) is 2.61. The van der Waals surface area contributed by atoms with Crippen LogP contribution in [-0.4, -0.2) is 22.9 Å². The van der Waals surface area contributed by atoms with Gasteiger partial charge in [0.25, 0.3) is 0 Å². The van der Waals surface area contributed by atoms with E-state index in [0.29, 0.717) is 47.0 Å². The van der Waals surface area contributed by atoms with Crippen LogP contribution in [0, 0.1) is 56.7 Å². The van der Waals surface area contributed by atoms with Gasteiger partial charge in [0.15, 0.2) is 0 Å². The van der Waals surface area contributed by atoms with Crippen molar-refractivity contribution >= 4 is 0 Å². The number of aliphatic hydroxyl groups is 2. The van der Waals surface area contributed by atoms with Crippen molar-refractivity contribution in [3.8, 4) is 0 Å². The Bertz CT molecular complexity index is 797. The van der Waals surface area contributed by atoms with Gasteiger partial charge in [0.05, 0.1) is 6.10 Å². The predicted octanol–water partition coefficient (Wildman–Crippen LogP) is 7.00. The number of rotatable bonds is 2. The van der Waals surface area contributed by atoms with Gasteiger partial charge < -0.3 is 10.2 Å². The molecule has 0 heterocycles. The minimum atomic E-state index is -0.159. The molecule has 5 aliphatic carbocycles. The standard InChI is InChI=1S/C30H50O2/c1-19(2)20-8-11-24-29(7)15-12-21-22(28(29,6)16-17-30(20,24)18-31)9-10-23-26(3,4)25(32)13-14-27(21,23)5/h12,19-20,22-25,31-32H,8-11,13-18H2,1-7H3. The van der Waals surface area contributed by atoms with E-state index in [0.717, 1.165) is 12.8 Å². The van der Waals surface area contributed by atoms with E-state index in [1.165, 1.54) is 44.9 Å². The topological polar surface area (TPSA) is 40.5 Å². The maximum Gasteiger partial charge on any atom is 0.0594 e. The monoisotopic (exact) mass is 442 g/mol. The van der Waals surface area contributed by atoms with Crippen molar-refractivity contribution < 1.29 is 10.2 Å². The summed E-state index contributed by atoms with van der Waals surface area (Å²) in [5.41, 5.74) is 2.79. The zero-order valence-electron chi connectivity index (χ0n) is 22.0. The lowest BCUT2D eigenvalue weighted by Gasteiger charge is -2.69. The molecule has 4 saturated carbocycles. The Kier molecular flexibility index (Phi) is 5.19. The van der Waals surface area contributed by atoms with E-state index in [2.05, 4.69) is 54.5 Å². The average molecular weight is 443 g/mol. The van der Waals surface area contributed by atoms with Crippen LogP contribution in [0.2, 0.25) is 0 Å². The van der Waals surface area contributed by atoms with Crippen LogP contribution in [0.15, 0.2) is 11.6 Å². The Balaban J connectivity index is 1.56. The largest absolute Gasteiger partial charge is 0.396 e. The second-order valence-corrected chi connectivity index (χ2v) is 14.5. The number of aliphatic hydroxyl groups excluding tert-OH is 2. The van der Waals surface area contributed by atoms with Gasteiger partial charge in [-0.05, 0) is 114 Å². The van der Waals surface area contributed by atoms with E-state index in [9.17, 15) is 10.2 Å². The molecule has 0 aromatic heterocycles. The first kappa shape index (κ1) is 23.4. The van der Waals surface area contributed by atoms with Gasteiger partial charge in [0, 0.05) is 6.61 Å². The van der Waals surface area contributed by atoms with Crippen LogP contribution in [0.5, 0.6) is 0 Å². The van der Waals surface area contributed by atoms with Gasteiger partial charge in [0.2, 0.25) is 0 Å². The maximum atomic E-state index is 10.9. The van der Waals surface area contributed by atoms with Crippen LogP contribution in [0.3, 0.4) is 0 Å². The average Bonchev–Trinajstić information content (AvgIpc) is 3.14. The number of fused-ring (bicyclic) bond motifs is 7. The molecule has 32 heavy (non-hydrogen) atoms. The lowest BCUT2D eigenvalue weighted by atomic mass is 9.35. The Labute approximate surface area is 197 Å². The van der Waals surface area contributed by atoms with Crippen LogP contribution in [-0.2, 0) is 0 Å². The van der Waals surface area contributed by atoms with Crippen molar-refractivity contribution in [2.45, 2.75) is 112 Å². The fraction of sp³-hybridized carbons (Fsp3) is 0.933. The van der Waals surface area contributed by atoms with Gasteiger partial charge in [-0.3, -0.25) is 0 Å². The number of hydrogen-bond acceptors (Lipinski definition) is 2. The lowest BCUT2D eigenvalue weighted by molar-refractivity contribution is -0.178. The summed E-state index contributed by atoms with van der Waals surface area (Å²) in [6, 6.07) is 0. The molecule has 5 rings (SSSR count). The molecule has 0 radical (unpaired) electrons. The molecule has 9 unspecified atom stereocenters. The third-order valence-electron chi connectivity index (χ3n) is 13.2. The summed E-state index contributed by atoms with van der Waals surface area (Å²) >= 11 is 0. The van der Waals surface area contributed by atoms with E-state index in [1.54, 1.807) is 5.57 Å². The van der Waals surface area contributed by atoms with Gasteiger partial charge in [0.1, 0.15) is 0 Å². The van der Waals surface area contributed by atoms with Crippen molar-refractivity contribution in [1.82, 2.24) is 0 Å². The molecule has 2 heteroatoms. The Morgan fingerprint density at radius 1 is 0.875 bits per heavy atom. The summed E-state index contributed by atoms with van der Waals surface area (Å²) in [5.74, 6) is 3.27. The zero-order valence-corrected chi connectivity index (χ0v) is 22.0. The van der Waals surface area contributed by atoms with E-state index in [-0.39, 0.29) is 22.3 Å². The highest BCUT2D eigenvalue weighted by Gasteiger charge is 2.69. The van der Waals surface area contributed by atoms with Crippen LogP contribution in [0.1, 0.15) is 106 Å². The van der Waals surface area contributed by atoms with Gasteiger partial charge >= 0.3 is 0 Å². The maximum absolute atomic E-state index is 10.9. The minimum Gasteiger partial charge on any atom is -0.396 e. The molecule has 0 amide bonds. The molecular weight excluding hydrogens is 392 g/mol. The van der Waals surface area contributed by atoms with Crippen molar-refractivity contribution in [3.63, 3.8) is 0 Å². The van der Waals surface area contributed by atoms with Gasteiger partial charge in [-0.15, -0.1) is 0 Å². The molecule has 9 atom stereocenters. The van der Waals surface area contributed by atoms with E-state index in [1.807, 2.05) is 0 Å². The fourth-order valence-electron chi connectivity index (χ4n) is 11.2. The zero-order chi connectivity index (χ0) is 23.3. The quantitative estimate of drug-likeness (QED) is 0.452. The second-order valence-electron chi connectivity index (χ2n) is 14.5. The summed E-state index contributed by atoms with van der Waals surface area (Å²) in [4.78, 5) is 0. The predicted molar refractivity (Wildman–Crippen MR) is 132 cm³/mol. The molecule has 0 saturated heterocycles. The number of hydrogen-bond donors (Lipinski definition) is 2. The molecule has 0 aliphatic heterocycles. The highest BCUT2D eigenvalue weighted by atomic mass is 16.3. The van der Waals surface area contributed by atoms with E-state index >= 15 is 0 Å². The van der Waals surface area contributed by atoms with Gasteiger partial charge in [-0.2, -0.15) is 0 Å². The molecule has 2 N–H and O–H groups in total. The summed E-state index contributed by atoms with van der Waals surface area (Å²) < 4.78 is 0. The Morgan fingerprint density at radius 2 is 1.56 bits per heavy atom. The molecule has 182 valence electrons. The van der Waals surface area contributed by atoms with Gasteiger partial charge in [-0.1, -0.05) is 60.1 Å². The summed E-state index contributed by atoms with van der Waals surface area (Å²) in [5, 5.41) is 21.7. The van der Waals surface area contributed by atoms with Crippen molar-refractivity contribution in [2.75, 3.05) is 6.61 Å². The van der Waals surface area contributed by atoms with Crippen molar-refractivity contribution in [3.05, 3.63) is 11.6 Å². The normalized spacial score (nSPS) is 54.3. The highest BCUT2D eigenvalue weighted by molar-refractivity contribution is 5.33. The van der Waals surface area contributed by atoms with Crippen molar-refractivity contribution in [1.29, 1.82) is 0 Å².